The standard InChI is InChI=1S/C15H13NO2/c1-10-8-11(9-18-10)15(17)13-4-2-6-14-12(13)5-3-7-16-14/h2-9,15,17H,1H3. The Kier molecular flexibility index (Phi) is 2.61. The SMILES string of the molecule is Cc1cc(C(O)c2cccc3ncccc23)co1. The molecule has 18 heavy (non-hydrogen) atoms. The number of benzene rings is 1. The van der Waals surface area contributed by atoms with Crippen LogP contribution in [0.25, 0.3) is 10.9 Å². The molecule has 0 amide bonds. The molecule has 0 saturated heterocycles. The summed E-state index contributed by atoms with van der Waals surface area (Å²) in [7, 11) is 0. The fourth-order valence-corrected chi connectivity index (χ4v) is 2.15. The molecule has 2 heterocycles. The minimum absolute atomic E-state index is 0.685. The summed E-state index contributed by atoms with van der Waals surface area (Å²) in [6.45, 7) is 1.86. The molecule has 0 saturated carbocycles. The second kappa shape index (κ2) is 4.27. The first-order valence-electron chi connectivity index (χ1n) is 5.82. The highest BCUT2D eigenvalue weighted by Crippen LogP contribution is 2.28. The average molecular weight is 239 g/mol. The molecule has 1 aromatic carbocycles. The monoisotopic (exact) mass is 239 g/mol. The Bertz CT molecular complexity index is 682. The van der Waals surface area contributed by atoms with Gasteiger partial charge in [0.05, 0.1) is 11.8 Å². The van der Waals surface area contributed by atoms with Gasteiger partial charge in [-0.05, 0) is 30.7 Å². The van der Waals surface area contributed by atoms with Crippen molar-refractivity contribution in [1.82, 2.24) is 4.98 Å². The Morgan fingerprint density at radius 2 is 2.11 bits per heavy atom. The molecule has 1 unspecified atom stereocenters. The normalized spacial score (nSPS) is 12.8. The summed E-state index contributed by atoms with van der Waals surface area (Å²) in [5.74, 6) is 0.794. The fraction of sp³-hybridized carbons (Fsp3) is 0.133. The maximum absolute atomic E-state index is 10.4. The minimum atomic E-state index is -0.685. The van der Waals surface area contributed by atoms with Gasteiger partial charge in [-0.25, -0.2) is 0 Å². The number of nitrogens with zero attached hydrogens (tertiary/aromatic N) is 1. The number of fused-ring (bicyclic) bond motifs is 1. The van der Waals surface area contributed by atoms with E-state index >= 15 is 0 Å². The summed E-state index contributed by atoms with van der Waals surface area (Å²) in [6, 6.07) is 11.4. The minimum Gasteiger partial charge on any atom is -0.469 e. The van der Waals surface area contributed by atoms with Crippen LogP contribution in [-0.2, 0) is 0 Å². The Hall–Kier alpha value is -2.13. The van der Waals surface area contributed by atoms with Gasteiger partial charge in [-0.3, -0.25) is 4.98 Å². The molecule has 0 aliphatic carbocycles. The Morgan fingerprint density at radius 3 is 2.89 bits per heavy atom. The number of aliphatic hydroxyl groups is 1. The number of aliphatic hydroxyl groups excluding tert-OH is 1. The number of pyridine rings is 1. The van der Waals surface area contributed by atoms with Gasteiger partial charge >= 0.3 is 0 Å². The Balaban J connectivity index is 2.14. The maximum Gasteiger partial charge on any atom is 0.108 e. The van der Waals surface area contributed by atoms with Crippen LogP contribution in [0.3, 0.4) is 0 Å². The molecule has 0 bridgehead atoms. The molecule has 0 fully saturated rings. The van der Waals surface area contributed by atoms with Crippen molar-refractivity contribution in [3.8, 4) is 0 Å². The van der Waals surface area contributed by atoms with Gasteiger partial charge in [0.1, 0.15) is 11.9 Å². The lowest BCUT2D eigenvalue weighted by Gasteiger charge is -2.11. The van der Waals surface area contributed by atoms with E-state index in [1.165, 1.54) is 0 Å². The third-order valence-electron chi connectivity index (χ3n) is 3.04. The zero-order valence-electron chi connectivity index (χ0n) is 10.00. The summed E-state index contributed by atoms with van der Waals surface area (Å²) in [5, 5.41) is 11.4. The van der Waals surface area contributed by atoms with Crippen LogP contribution in [0.5, 0.6) is 0 Å². The van der Waals surface area contributed by atoms with E-state index in [-0.39, 0.29) is 0 Å². The van der Waals surface area contributed by atoms with E-state index in [0.29, 0.717) is 0 Å². The first-order chi connectivity index (χ1) is 8.75. The number of aryl methyl sites for hydroxylation is 1. The van der Waals surface area contributed by atoms with Crippen LogP contribution < -0.4 is 0 Å². The lowest BCUT2D eigenvalue weighted by atomic mass is 9.99. The summed E-state index contributed by atoms with van der Waals surface area (Å²) < 4.78 is 5.24. The van der Waals surface area contributed by atoms with E-state index in [1.807, 2.05) is 43.3 Å². The van der Waals surface area contributed by atoms with Crippen molar-refractivity contribution in [1.29, 1.82) is 0 Å². The predicted octanol–water partition coefficient (Wildman–Crippen LogP) is 3.22. The zero-order valence-corrected chi connectivity index (χ0v) is 10.00. The molecule has 3 aromatic rings. The van der Waals surface area contributed by atoms with Crippen LogP contribution in [0, 0.1) is 6.92 Å². The molecule has 2 aromatic heterocycles. The van der Waals surface area contributed by atoms with Crippen LogP contribution in [0.4, 0.5) is 0 Å². The molecule has 90 valence electrons. The van der Waals surface area contributed by atoms with Crippen LogP contribution in [0.2, 0.25) is 0 Å². The Morgan fingerprint density at radius 1 is 1.22 bits per heavy atom. The van der Waals surface area contributed by atoms with Crippen molar-refractivity contribution in [2.24, 2.45) is 0 Å². The van der Waals surface area contributed by atoms with Crippen LogP contribution in [0.15, 0.2) is 53.3 Å². The quantitative estimate of drug-likeness (QED) is 0.746. The number of rotatable bonds is 2. The average Bonchev–Trinajstić information content (AvgIpc) is 2.84. The van der Waals surface area contributed by atoms with Crippen LogP contribution in [-0.4, -0.2) is 10.1 Å². The van der Waals surface area contributed by atoms with Crippen molar-refractivity contribution in [2.45, 2.75) is 13.0 Å². The molecule has 1 N–H and O–H groups in total. The van der Waals surface area contributed by atoms with E-state index in [9.17, 15) is 5.11 Å². The Labute approximate surface area is 105 Å². The number of hydrogen-bond acceptors (Lipinski definition) is 3. The highest BCUT2D eigenvalue weighted by Gasteiger charge is 2.15. The molecule has 3 nitrogen and oxygen atoms in total. The number of hydrogen-bond donors (Lipinski definition) is 1. The highest BCUT2D eigenvalue weighted by atomic mass is 16.3. The van der Waals surface area contributed by atoms with Crippen molar-refractivity contribution in [3.63, 3.8) is 0 Å². The van der Waals surface area contributed by atoms with Crippen molar-refractivity contribution in [3.05, 3.63) is 65.7 Å². The van der Waals surface area contributed by atoms with E-state index in [0.717, 1.165) is 27.8 Å². The summed E-state index contributed by atoms with van der Waals surface area (Å²) in [4.78, 5) is 4.29. The summed E-state index contributed by atoms with van der Waals surface area (Å²) >= 11 is 0. The molecule has 0 spiro atoms. The lowest BCUT2D eigenvalue weighted by Crippen LogP contribution is -1.99. The summed E-state index contributed by atoms with van der Waals surface area (Å²) in [5.41, 5.74) is 2.50. The maximum atomic E-state index is 10.4. The van der Waals surface area contributed by atoms with Gasteiger partial charge in [-0.1, -0.05) is 18.2 Å². The first-order valence-corrected chi connectivity index (χ1v) is 5.82. The molecule has 3 rings (SSSR count). The highest BCUT2D eigenvalue weighted by molar-refractivity contribution is 5.82. The van der Waals surface area contributed by atoms with Crippen LogP contribution >= 0.6 is 0 Å². The first kappa shape index (κ1) is 11.0. The molecule has 0 aliphatic rings. The second-order valence-corrected chi connectivity index (χ2v) is 4.31. The molecular weight excluding hydrogens is 226 g/mol. The van der Waals surface area contributed by atoms with E-state index in [1.54, 1.807) is 12.5 Å². The van der Waals surface area contributed by atoms with Gasteiger partial charge in [0.15, 0.2) is 0 Å². The van der Waals surface area contributed by atoms with E-state index in [4.69, 9.17) is 4.42 Å². The van der Waals surface area contributed by atoms with Gasteiger partial charge in [0.25, 0.3) is 0 Å². The molecule has 0 aliphatic heterocycles. The van der Waals surface area contributed by atoms with Gasteiger partial charge in [0.2, 0.25) is 0 Å². The summed E-state index contributed by atoms with van der Waals surface area (Å²) in [6.07, 6.45) is 2.66. The smallest absolute Gasteiger partial charge is 0.108 e. The van der Waals surface area contributed by atoms with Crippen molar-refractivity contribution < 1.29 is 9.52 Å². The van der Waals surface area contributed by atoms with E-state index < -0.39 is 6.10 Å². The molecule has 0 radical (unpaired) electrons. The fourth-order valence-electron chi connectivity index (χ4n) is 2.15. The topological polar surface area (TPSA) is 46.3 Å². The zero-order chi connectivity index (χ0) is 12.5. The van der Waals surface area contributed by atoms with Crippen molar-refractivity contribution in [2.75, 3.05) is 0 Å². The third kappa shape index (κ3) is 1.79. The predicted molar refractivity (Wildman–Crippen MR) is 69.2 cm³/mol. The second-order valence-electron chi connectivity index (χ2n) is 4.31. The van der Waals surface area contributed by atoms with Gasteiger partial charge < -0.3 is 9.52 Å². The molecule has 3 heteroatoms. The van der Waals surface area contributed by atoms with Gasteiger partial charge in [-0.15, -0.1) is 0 Å². The lowest BCUT2D eigenvalue weighted by molar-refractivity contribution is 0.221. The van der Waals surface area contributed by atoms with Gasteiger partial charge in [0, 0.05) is 17.1 Å². The third-order valence-corrected chi connectivity index (χ3v) is 3.04. The number of aromatic nitrogens is 1. The van der Waals surface area contributed by atoms with Crippen LogP contribution in [0.1, 0.15) is 23.0 Å². The van der Waals surface area contributed by atoms with Gasteiger partial charge in [-0.2, -0.15) is 0 Å². The number of furan rings is 1. The van der Waals surface area contributed by atoms with Crippen molar-refractivity contribution >= 4 is 10.9 Å². The molecule has 1 atom stereocenters. The van der Waals surface area contributed by atoms with E-state index in [2.05, 4.69) is 4.98 Å². The largest absolute Gasteiger partial charge is 0.469 e. The molecular formula is C15H13NO2.